The van der Waals surface area contributed by atoms with Gasteiger partial charge in [0.05, 0.1) is 25.6 Å². The molecule has 2 amide bonds. The summed E-state index contributed by atoms with van der Waals surface area (Å²) in [6.07, 6.45) is 2.25. The summed E-state index contributed by atoms with van der Waals surface area (Å²) < 4.78 is 5.79. The van der Waals surface area contributed by atoms with E-state index in [0.717, 1.165) is 39.0 Å². The van der Waals surface area contributed by atoms with Crippen LogP contribution in [0.5, 0.6) is 5.75 Å². The van der Waals surface area contributed by atoms with Crippen LogP contribution < -0.4 is 20.7 Å². The van der Waals surface area contributed by atoms with E-state index >= 15 is 0 Å². The van der Waals surface area contributed by atoms with Crippen LogP contribution in [0.15, 0.2) is 79.0 Å². The summed E-state index contributed by atoms with van der Waals surface area (Å²) in [5, 5.41) is 20.1. The Labute approximate surface area is 245 Å². The Morgan fingerprint density at radius 3 is 2.43 bits per heavy atom. The number of ether oxygens (including phenoxy) is 1. The van der Waals surface area contributed by atoms with Gasteiger partial charge in [0.15, 0.2) is 0 Å². The highest BCUT2D eigenvalue weighted by atomic mass is 16.5. The predicted octanol–water partition coefficient (Wildman–Crippen LogP) is 5.25. The van der Waals surface area contributed by atoms with Gasteiger partial charge in [-0.15, -0.1) is 0 Å². The van der Waals surface area contributed by atoms with Gasteiger partial charge in [-0.25, -0.2) is 4.98 Å². The number of aryl methyl sites for hydroxylation is 1. The van der Waals surface area contributed by atoms with Gasteiger partial charge in [-0.2, -0.15) is 0 Å². The van der Waals surface area contributed by atoms with Crippen molar-refractivity contribution in [3.05, 3.63) is 90.1 Å². The van der Waals surface area contributed by atoms with Crippen LogP contribution in [-0.2, 0) is 14.4 Å². The summed E-state index contributed by atoms with van der Waals surface area (Å²) in [5.74, 6) is -0.188. The number of carbonyl (C=O) groups excluding carboxylic acids is 2. The Balaban J connectivity index is 1.34. The van der Waals surface area contributed by atoms with E-state index in [4.69, 9.17) is 4.74 Å². The van der Waals surface area contributed by atoms with Crippen LogP contribution in [0.4, 0.5) is 5.82 Å². The third kappa shape index (κ3) is 8.30. The molecule has 218 valence electrons. The Bertz CT molecular complexity index is 1540. The molecular weight excluding hydrogens is 532 g/mol. The van der Waals surface area contributed by atoms with Gasteiger partial charge in [0.2, 0.25) is 11.8 Å². The number of carboxylic acid groups (broad SMARTS) is 1. The lowest BCUT2D eigenvalue weighted by Gasteiger charge is -2.18. The van der Waals surface area contributed by atoms with E-state index in [2.05, 4.69) is 20.9 Å². The standard InChI is InChI=1S/C33H36N4O5/c1-3-42-29-15-14-25(26-7-4-5-8-27(26)29)23-10-12-24(13-11-23)28(20-33(40)41)37-32(39)21-36-31(38)9-6-17-34-30-19-22(2)16-18-35-30/h4-5,7-8,10-16,18-19,28H,3,6,9,17,20-21H2,1-2H3,(H,34,35)(H,36,38)(H,37,39)(H,40,41). The topological polar surface area (TPSA) is 130 Å². The quantitative estimate of drug-likeness (QED) is 0.153. The number of nitrogens with one attached hydrogen (secondary N) is 3. The number of anilines is 1. The smallest absolute Gasteiger partial charge is 0.305 e. The first-order valence-corrected chi connectivity index (χ1v) is 14.0. The molecule has 9 heteroatoms. The van der Waals surface area contributed by atoms with Crippen molar-refractivity contribution >= 4 is 34.4 Å². The van der Waals surface area contributed by atoms with Crippen LogP contribution in [0.2, 0.25) is 0 Å². The van der Waals surface area contributed by atoms with Gasteiger partial charge in [-0.1, -0.05) is 54.6 Å². The molecule has 0 aliphatic heterocycles. The molecular formula is C33H36N4O5. The lowest BCUT2D eigenvalue weighted by Crippen LogP contribution is -2.39. The molecule has 0 fully saturated rings. The summed E-state index contributed by atoms with van der Waals surface area (Å²) in [6.45, 7) is 4.83. The lowest BCUT2D eigenvalue weighted by atomic mass is 9.95. The van der Waals surface area contributed by atoms with Gasteiger partial charge in [0.1, 0.15) is 11.6 Å². The third-order valence-corrected chi connectivity index (χ3v) is 6.77. The SMILES string of the molecule is CCOc1ccc(-c2ccc(C(CC(=O)O)NC(=O)CNC(=O)CCCNc3cc(C)ccn3)cc2)c2ccccc12. The van der Waals surface area contributed by atoms with E-state index in [0.29, 0.717) is 25.1 Å². The molecule has 9 nitrogen and oxygen atoms in total. The molecule has 42 heavy (non-hydrogen) atoms. The molecule has 4 rings (SSSR count). The maximum absolute atomic E-state index is 12.6. The van der Waals surface area contributed by atoms with Gasteiger partial charge >= 0.3 is 5.97 Å². The average Bonchev–Trinajstić information content (AvgIpc) is 2.98. The van der Waals surface area contributed by atoms with Gasteiger partial charge in [-0.05, 0) is 66.1 Å². The molecule has 4 aromatic rings. The van der Waals surface area contributed by atoms with Crippen LogP contribution in [-0.4, -0.2) is 47.6 Å². The molecule has 1 aromatic heterocycles. The zero-order valence-electron chi connectivity index (χ0n) is 23.9. The zero-order chi connectivity index (χ0) is 29.9. The van der Waals surface area contributed by atoms with Crippen molar-refractivity contribution in [2.75, 3.05) is 25.0 Å². The predicted molar refractivity (Wildman–Crippen MR) is 163 cm³/mol. The Morgan fingerprint density at radius 2 is 1.71 bits per heavy atom. The minimum atomic E-state index is -1.04. The molecule has 0 radical (unpaired) electrons. The molecule has 1 unspecified atom stereocenters. The molecule has 0 aliphatic carbocycles. The number of pyridine rings is 1. The van der Waals surface area contributed by atoms with Gasteiger partial charge < -0.3 is 25.8 Å². The monoisotopic (exact) mass is 568 g/mol. The highest BCUT2D eigenvalue weighted by Gasteiger charge is 2.19. The third-order valence-electron chi connectivity index (χ3n) is 6.77. The van der Waals surface area contributed by atoms with E-state index in [1.54, 1.807) is 6.20 Å². The molecule has 1 heterocycles. The number of carbonyl (C=O) groups is 3. The maximum atomic E-state index is 12.6. The first kappa shape index (κ1) is 30.0. The Hall–Kier alpha value is -4.92. The van der Waals surface area contributed by atoms with Crippen molar-refractivity contribution in [2.24, 2.45) is 0 Å². The molecule has 1 atom stereocenters. The first-order valence-electron chi connectivity index (χ1n) is 14.0. The second-order valence-electron chi connectivity index (χ2n) is 9.96. The molecule has 0 spiro atoms. The van der Waals surface area contributed by atoms with E-state index in [9.17, 15) is 19.5 Å². The fourth-order valence-corrected chi connectivity index (χ4v) is 4.74. The number of carboxylic acids is 1. The van der Waals surface area contributed by atoms with Gasteiger partial charge in [-0.3, -0.25) is 14.4 Å². The van der Waals surface area contributed by atoms with Crippen LogP contribution in [0.1, 0.15) is 43.4 Å². The van der Waals surface area contributed by atoms with E-state index in [-0.39, 0.29) is 25.3 Å². The first-order chi connectivity index (χ1) is 20.3. The molecule has 0 saturated carbocycles. The largest absolute Gasteiger partial charge is 0.493 e. The second-order valence-corrected chi connectivity index (χ2v) is 9.96. The summed E-state index contributed by atoms with van der Waals surface area (Å²) in [5.41, 5.74) is 3.73. The summed E-state index contributed by atoms with van der Waals surface area (Å²) in [4.78, 5) is 40.7. The van der Waals surface area contributed by atoms with Crippen molar-refractivity contribution in [3.8, 4) is 16.9 Å². The Morgan fingerprint density at radius 1 is 0.952 bits per heavy atom. The van der Waals surface area contributed by atoms with Crippen LogP contribution in [0.3, 0.4) is 0 Å². The number of nitrogens with zero attached hydrogens (tertiary/aromatic N) is 1. The summed E-state index contributed by atoms with van der Waals surface area (Å²) in [7, 11) is 0. The Kier molecular flexibility index (Phi) is 10.5. The number of benzene rings is 3. The average molecular weight is 569 g/mol. The van der Waals surface area contributed by atoms with Gasteiger partial charge in [0, 0.05) is 24.5 Å². The zero-order valence-corrected chi connectivity index (χ0v) is 23.9. The summed E-state index contributed by atoms with van der Waals surface area (Å²) >= 11 is 0. The number of amides is 2. The van der Waals surface area contributed by atoms with Crippen LogP contribution >= 0.6 is 0 Å². The normalized spacial score (nSPS) is 11.5. The molecule has 0 aliphatic rings. The highest BCUT2D eigenvalue weighted by molar-refractivity contribution is 6.00. The number of hydrogen-bond donors (Lipinski definition) is 4. The number of aromatic nitrogens is 1. The minimum Gasteiger partial charge on any atom is -0.493 e. The number of rotatable bonds is 14. The van der Waals surface area contributed by atoms with E-state index < -0.39 is 17.9 Å². The van der Waals surface area contributed by atoms with Crippen molar-refractivity contribution in [3.63, 3.8) is 0 Å². The van der Waals surface area contributed by atoms with Crippen molar-refractivity contribution < 1.29 is 24.2 Å². The maximum Gasteiger partial charge on any atom is 0.305 e. The fourth-order valence-electron chi connectivity index (χ4n) is 4.74. The molecule has 0 bridgehead atoms. The fraction of sp³-hybridized carbons (Fsp3) is 0.273. The molecule has 0 saturated heterocycles. The van der Waals surface area contributed by atoms with Crippen molar-refractivity contribution in [2.45, 2.75) is 39.2 Å². The van der Waals surface area contributed by atoms with Crippen molar-refractivity contribution in [1.29, 1.82) is 0 Å². The summed E-state index contributed by atoms with van der Waals surface area (Å²) in [6, 6.07) is 22.5. The van der Waals surface area contributed by atoms with Crippen LogP contribution in [0.25, 0.3) is 21.9 Å². The number of aliphatic carboxylic acids is 1. The second kappa shape index (κ2) is 14.6. The highest BCUT2D eigenvalue weighted by Crippen LogP contribution is 2.35. The van der Waals surface area contributed by atoms with Crippen molar-refractivity contribution in [1.82, 2.24) is 15.6 Å². The minimum absolute atomic E-state index is 0.238. The van der Waals surface area contributed by atoms with E-state index in [1.165, 1.54) is 0 Å². The van der Waals surface area contributed by atoms with Gasteiger partial charge in [0.25, 0.3) is 0 Å². The number of hydrogen-bond acceptors (Lipinski definition) is 6. The molecule has 3 aromatic carbocycles. The van der Waals surface area contributed by atoms with Crippen LogP contribution in [0, 0.1) is 6.92 Å². The number of fused-ring (bicyclic) bond motifs is 1. The molecule has 4 N–H and O–H groups in total. The van der Waals surface area contributed by atoms with E-state index in [1.807, 2.05) is 86.6 Å². The lowest BCUT2D eigenvalue weighted by molar-refractivity contribution is -0.138.